The topological polar surface area (TPSA) is 94.0 Å². The van der Waals surface area contributed by atoms with Crippen LogP contribution in [0.2, 0.25) is 0 Å². The summed E-state index contributed by atoms with van der Waals surface area (Å²) in [5.74, 6) is -0.861. The molecule has 7 nitrogen and oxygen atoms in total. The van der Waals surface area contributed by atoms with Crippen molar-refractivity contribution in [3.05, 3.63) is 28.3 Å². The van der Waals surface area contributed by atoms with Gasteiger partial charge in [-0.05, 0) is 20.8 Å². The minimum atomic E-state index is -0.861. The number of aromatic nitrogens is 4. The quantitative estimate of drug-likeness (QED) is 0.865. The second kappa shape index (κ2) is 4.59. The highest BCUT2D eigenvalue weighted by molar-refractivity contribution is 5.70. The summed E-state index contributed by atoms with van der Waals surface area (Å²) < 4.78 is 6.35. The third-order valence-corrected chi connectivity index (χ3v) is 2.91. The van der Waals surface area contributed by atoms with Gasteiger partial charge in [0.1, 0.15) is 11.4 Å². The van der Waals surface area contributed by atoms with Crippen molar-refractivity contribution in [2.24, 2.45) is 0 Å². The standard InChI is InChI=1S/C11H14N4O3/c1-6-9(4-11(16)17)8(3)15(12-6)5-10-7(2)13-18-14-10/h4-5H2,1-3H3,(H,16,17). The molecule has 0 aromatic carbocycles. The first-order chi connectivity index (χ1) is 8.49. The summed E-state index contributed by atoms with van der Waals surface area (Å²) in [6.07, 6.45) is -0.0201. The predicted octanol–water partition coefficient (Wildman–Crippen LogP) is 0.867. The fourth-order valence-corrected chi connectivity index (χ4v) is 1.83. The highest BCUT2D eigenvalue weighted by atomic mass is 16.6. The van der Waals surface area contributed by atoms with E-state index in [1.165, 1.54) is 0 Å². The summed E-state index contributed by atoms with van der Waals surface area (Å²) >= 11 is 0. The van der Waals surface area contributed by atoms with Crippen LogP contribution in [0, 0.1) is 20.8 Å². The summed E-state index contributed by atoms with van der Waals surface area (Å²) in [4.78, 5) is 10.8. The Morgan fingerprint density at radius 2 is 2.00 bits per heavy atom. The summed E-state index contributed by atoms with van der Waals surface area (Å²) in [6, 6.07) is 0. The van der Waals surface area contributed by atoms with E-state index in [0.29, 0.717) is 17.9 Å². The van der Waals surface area contributed by atoms with Gasteiger partial charge >= 0.3 is 5.97 Å². The van der Waals surface area contributed by atoms with Crippen LogP contribution in [-0.2, 0) is 17.8 Å². The number of hydrogen-bond acceptors (Lipinski definition) is 5. The molecule has 0 radical (unpaired) electrons. The monoisotopic (exact) mass is 250 g/mol. The van der Waals surface area contributed by atoms with Gasteiger partial charge in [-0.1, -0.05) is 10.3 Å². The van der Waals surface area contributed by atoms with E-state index in [2.05, 4.69) is 20.0 Å². The predicted molar refractivity (Wildman–Crippen MR) is 61.2 cm³/mol. The zero-order chi connectivity index (χ0) is 13.3. The molecule has 2 aromatic rings. The molecule has 0 fully saturated rings. The molecule has 0 aliphatic heterocycles. The van der Waals surface area contributed by atoms with Crippen LogP contribution in [0.3, 0.4) is 0 Å². The molecule has 2 rings (SSSR count). The van der Waals surface area contributed by atoms with Crippen LogP contribution >= 0.6 is 0 Å². The molecule has 7 heteroatoms. The molecule has 2 heterocycles. The minimum absolute atomic E-state index is 0.0201. The fourth-order valence-electron chi connectivity index (χ4n) is 1.83. The van der Waals surface area contributed by atoms with Gasteiger partial charge in [-0.15, -0.1) is 0 Å². The number of carbonyl (C=O) groups is 1. The molecule has 0 spiro atoms. The Kier molecular flexibility index (Phi) is 3.14. The van der Waals surface area contributed by atoms with E-state index in [-0.39, 0.29) is 6.42 Å². The molecule has 18 heavy (non-hydrogen) atoms. The number of aryl methyl sites for hydroxylation is 2. The van der Waals surface area contributed by atoms with Crippen molar-refractivity contribution in [3.8, 4) is 0 Å². The van der Waals surface area contributed by atoms with Crippen LogP contribution in [0.5, 0.6) is 0 Å². The zero-order valence-electron chi connectivity index (χ0n) is 10.5. The minimum Gasteiger partial charge on any atom is -0.481 e. The second-order valence-corrected chi connectivity index (χ2v) is 4.17. The van der Waals surface area contributed by atoms with Crippen LogP contribution < -0.4 is 0 Å². The molecule has 0 saturated heterocycles. The lowest BCUT2D eigenvalue weighted by Crippen LogP contribution is -2.07. The van der Waals surface area contributed by atoms with Gasteiger partial charge in [0.25, 0.3) is 0 Å². The maximum atomic E-state index is 10.8. The molecule has 2 aromatic heterocycles. The van der Waals surface area contributed by atoms with Crippen LogP contribution in [0.4, 0.5) is 0 Å². The Morgan fingerprint density at radius 3 is 2.56 bits per heavy atom. The summed E-state index contributed by atoms with van der Waals surface area (Å²) in [6.45, 7) is 5.88. The Morgan fingerprint density at radius 1 is 1.28 bits per heavy atom. The maximum Gasteiger partial charge on any atom is 0.307 e. The van der Waals surface area contributed by atoms with Gasteiger partial charge in [0, 0.05) is 11.3 Å². The van der Waals surface area contributed by atoms with Crippen LogP contribution in [0.15, 0.2) is 4.63 Å². The Bertz CT molecular complexity index is 585. The van der Waals surface area contributed by atoms with E-state index in [1.807, 2.05) is 6.92 Å². The lowest BCUT2D eigenvalue weighted by atomic mass is 10.1. The lowest BCUT2D eigenvalue weighted by Gasteiger charge is -2.02. The smallest absolute Gasteiger partial charge is 0.307 e. The first-order valence-corrected chi connectivity index (χ1v) is 5.51. The molecular weight excluding hydrogens is 236 g/mol. The highest BCUT2D eigenvalue weighted by Gasteiger charge is 2.16. The first kappa shape index (κ1) is 12.3. The molecule has 1 N–H and O–H groups in total. The molecule has 0 atom stereocenters. The Hall–Kier alpha value is -2.18. The van der Waals surface area contributed by atoms with E-state index in [4.69, 9.17) is 5.11 Å². The summed E-state index contributed by atoms with van der Waals surface area (Å²) in [7, 11) is 0. The van der Waals surface area contributed by atoms with Crippen molar-refractivity contribution in [2.75, 3.05) is 0 Å². The first-order valence-electron chi connectivity index (χ1n) is 5.51. The van der Waals surface area contributed by atoms with Gasteiger partial charge in [0.05, 0.1) is 18.7 Å². The molecule has 0 bridgehead atoms. The normalized spacial score (nSPS) is 10.8. The lowest BCUT2D eigenvalue weighted by molar-refractivity contribution is -0.136. The number of carboxylic acids is 1. The van der Waals surface area contributed by atoms with E-state index in [0.717, 1.165) is 17.0 Å². The average Bonchev–Trinajstić information content (AvgIpc) is 2.79. The van der Waals surface area contributed by atoms with Crippen molar-refractivity contribution in [2.45, 2.75) is 33.7 Å². The highest BCUT2D eigenvalue weighted by Crippen LogP contribution is 2.15. The van der Waals surface area contributed by atoms with E-state index >= 15 is 0 Å². The van der Waals surface area contributed by atoms with E-state index in [1.54, 1.807) is 18.5 Å². The van der Waals surface area contributed by atoms with E-state index in [9.17, 15) is 4.79 Å². The van der Waals surface area contributed by atoms with Gasteiger partial charge in [-0.2, -0.15) is 5.10 Å². The van der Waals surface area contributed by atoms with E-state index < -0.39 is 5.97 Å². The Balaban J connectivity index is 2.30. The maximum absolute atomic E-state index is 10.8. The SMILES string of the molecule is Cc1nonc1Cn1nc(C)c(CC(=O)O)c1C. The molecule has 0 amide bonds. The number of carboxylic acid groups (broad SMARTS) is 1. The zero-order valence-corrected chi connectivity index (χ0v) is 10.5. The van der Waals surface area contributed by atoms with Crippen molar-refractivity contribution in [1.82, 2.24) is 20.1 Å². The average molecular weight is 250 g/mol. The number of hydrogen-bond donors (Lipinski definition) is 1. The summed E-state index contributed by atoms with van der Waals surface area (Å²) in [5.41, 5.74) is 3.71. The molecule has 96 valence electrons. The third kappa shape index (κ3) is 2.24. The van der Waals surface area contributed by atoms with Crippen LogP contribution in [-0.4, -0.2) is 31.2 Å². The summed E-state index contributed by atoms with van der Waals surface area (Å²) in [5, 5.41) is 20.7. The van der Waals surface area contributed by atoms with Crippen molar-refractivity contribution in [1.29, 1.82) is 0 Å². The fraction of sp³-hybridized carbons (Fsp3) is 0.455. The third-order valence-electron chi connectivity index (χ3n) is 2.91. The number of nitrogens with zero attached hydrogens (tertiary/aromatic N) is 4. The van der Waals surface area contributed by atoms with Gasteiger partial charge in [-0.25, -0.2) is 4.63 Å². The number of aliphatic carboxylic acids is 1. The molecule has 0 unspecified atom stereocenters. The van der Waals surface area contributed by atoms with Gasteiger partial charge in [0.15, 0.2) is 0 Å². The van der Waals surface area contributed by atoms with Crippen molar-refractivity contribution in [3.63, 3.8) is 0 Å². The molecule has 0 saturated carbocycles. The van der Waals surface area contributed by atoms with Crippen molar-refractivity contribution >= 4 is 5.97 Å². The molecular formula is C11H14N4O3. The largest absolute Gasteiger partial charge is 0.481 e. The van der Waals surface area contributed by atoms with Gasteiger partial charge in [0.2, 0.25) is 0 Å². The second-order valence-electron chi connectivity index (χ2n) is 4.17. The van der Waals surface area contributed by atoms with Crippen LogP contribution in [0.1, 0.15) is 28.3 Å². The van der Waals surface area contributed by atoms with Crippen molar-refractivity contribution < 1.29 is 14.5 Å². The van der Waals surface area contributed by atoms with Crippen LogP contribution in [0.25, 0.3) is 0 Å². The Labute approximate surface area is 103 Å². The van der Waals surface area contributed by atoms with Gasteiger partial charge < -0.3 is 5.11 Å². The molecule has 0 aliphatic carbocycles. The molecule has 0 aliphatic rings. The number of rotatable bonds is 4. The van der Waals surface area contributed by atoms with Gasteiger partial charge in [-0.3, -0.25) is 9.48 Å².